The first-order chi connectivity index (χ1) is 14.2. The van der Waals surface area contributed by atoms with E-state index in [1.54, 1.807) is 0 Å². The van der Waals surface area contributed by atoms with Crippen molar-refractivity contribution >= 4 is 23.2 Å². The van der Waals surface area contributed by atoms with E-state index in [4.69, 9.17) is 0 Å². The largest absolute Gasteiger partial charge is 0.513 e. The Balaban J connectivity index is 1.86. The first-order valence-corrected chi connectivity index (χ1v) is 12.6. The fourth-order valence-electron chi connectivity index (χ4n) is 4.09. The number of benzene rings is 3. The summed E-state index contributed by atoms with van der Waals surface area (Å²) in [5.41, 5.74) is 0. The average molecular weight is 404 g/mol. The first-order valence-electron chi connectivity index (χ1n) is 10.6. The molecular formula is C27H32OP+. The molecule has 0 aliphatic carbocycles. The molecule has 0 saturated carbocycles. The molecule has 0 atom stereocenters. The molecule has 3 rings (SSSR count). The molecule has 0 fully saturated rings. The van der Waals surface area contributed by atoms with Gasteiger partial charge in [-0.25, -0.2) is 0 Å². The molecular weight excluding hydrogens is 371 g/mol. The molecule has 0 radical (unpaired) electrons. The summed E-state index contributed by atoms with van der Waals surface area (Å²) in [5, 5.41) is 13.6. The topological polar surface area (TPSA) is 20.2 Å². The number of hydrogen-bond donors (Lipinski definition) is 1. The highest BCUT2D eigenvalue weighted by molar-refractivity contribution is 7.95. The lowest BCUT2D eigenvalue weighted by molar-refractivity contribution is 0.383. The molecule has 2 heteroatoms. The summed E-state index contributed by atoms with van der Waals surface area (Å²) in [5.74, 6) is 0.312. The normalized spacial score (nSPS) is 11.3. The molecule has 0 amide bonds. The molecule has 0 spiro atoms. The van der Waals surface area contributed by atoms with Gasteiger partial charge in [-0.1, -0.05) is 74.0 Å². The van der Waals surface area contributed by atoms with Crippen molar-refractivity contribution in [2.45, 2.75) is 38.5 Å². The van der Waals surface area contributed by atoms with Crippen molar-refractivity contribution in [3.05, 3.63) is 103 Å². The van der Waals surface area contributed by atoms with Gasteiger partial charge in [-0.05, 0) is 55.7 Å². The van der Waals surface area contributed by atoms with Gasteiger partial charge < -0.3 is 5.11 Å². The van der Waals surface area contributed by atoms with Crippen LogP contribution in [0.3, 0.4) is 0 Å². The minimum Gasteiger partial charge on any atom is -0.513 e. The van der Waals surface area contributed by atoms with E-state index in [0.29, 0.717) is 5.76 Å². The van der Waals surface area contributed by atoms with Gasteiger partial charge in [0.15, 0.2) is 0 Å². The summed E-state index contributed by atoms with van der Waals surface area (Å²) in [4.78, 5) is 0. The van der Waals surface area contributed by atoms with Crippen LogP contribution in [0.1, 0.15) is 38.5 Å². The van der Waals surface area contributed by atoms with Gasteiger partial charge in [-0.3, -0.25) is 0 Å². The minimum atomic E-state index is -1.68. The summed E-state index contributed by atoms with van der Waals surface area (Å²) in [6, 6.07) is 33.3. The summed E-state index contributed by atoms with van der Waals surface area (Å²) in [7, 11) is -1.68. The number of unbranched alkanes of at least 4 members (excludes halogenated alkanes) is 4. The third kappa shape index (κ3) is 5.58. The molecule has 0 saturated heterocycles. The van der Waals surface area contributed by atoms with Gasteiger partial charge in [0.1, 0.15) is 23.2 Å². The molecule has 0 aromatic heterocycles. The molecule has 3 aromatic rings. The van der Waals surface area contributed by atoms with E-state index in [2.05, 4.69) is 97.6 Å². The van der Waals surface area contributed by atoms with E-state index in [-0.39, 0.29) is 0 Å². The Hall–Kier alpha value is -2.37. The van der Waals surface area contributed by atoms with Crippen LogP contribution in [0.2, 0.25) is 0 Å². The lowest BCUT2D eigenvalue weighted by Crippen LogP contribution is -2.33. The van der Waals surface area contributed by atoms with Crippen molar-refractivity contribution < 1.29 is 5.11 Å². The molecule has 29 heavy (non-hydrogen) atoms. The maximum Gasteiger partial charge on any atom is 0.112 e. The number of rotatable bonds is 11. The van der Waals surface area contributed by atoms with Crippen LogP contribution in [-0.2, 0) is 0 Å². The maximum atomic E-state index is 9.25. The van der Waals surface area contributed by atoms with E-state index < -0.39 is 7.26 Å². The Labute approximate surface area is 176 Å². The second-order valence-corrected chi connectivity index (χ2v) is 11.2. The zero-order valence-corrected chi connectivity index (χ0v) is 18.1. The van der Waals surface area contributed by atoms with E-state index in [0.717, 1.165) is 19.3 Å². The smallest absolute Gasteiger partial charge is 0.112 e. The summed E-state index contributed by atoms with van der Waals surface area (Å²) in [6.07, 6.45) is 7.77. The third-order valence-electron chi connectivity index (χ3n) is 5.55. The third-order valence-corrected chi connectivity index (χ3v) is 10.1. The van der Waals surface area contributed by atoms with E-state index in [1.807, 2.05) is 0 Å². The lowest BCUT2D eigenvalue weighted by Gasteiger charge is -2.27. The van der Waals surface area contributed by atoms with Crippen molar-refractivity contribution in [1.29, 1.82) is 0 Å². The molecule has 0 aliphatic heterocycles. The van der Waals surface area contributed by atoms with Crippen LogP contribution in [0.5, 0.6) is 0 Å². The quantitative estimate of drug-likeness (QED) is 0.223. The van der Waals surface area contributed by atoms with Gasteiger partial charge in [0.25, 0.3) is 0 Å². The molecule has 0 bridgehead atoms. The number of aliphatic hydroxyl groups excluding tert-OH is 1. The van der Waals surface area contributed by atoms with Gasteiger partial charge in [-0.15, -0.1) is 0 Å². The number of hydrogen-bond acceptors (Lipinski definition) is 1. The van der Waals surface area contributed by atoms with Crippen LogP contribution in [0, 0.1) is 0 Å². The second kappa shape index (κ2) is 11.0. The highest BCUT2D eigenvalue weighted by Crippen LogP contribution is 2.55. The minimum absolute atomic E-state index is 0.312. The van der Waals surface area contributed by atoms with Crippen LogP contribution in [0.4, 0.5) is 0 Å². The number of aliphatic hydroxyl groups is 1. The first kappa shape index (κ1) is 21.3. The molecule has 0 heterocycles. The molecule has 1 nitrogen and oxygen atoms in total. The average Bonchev–Trinajstić information content (AvgIpc) is 2.77. The fourth-order valence-corrected chi connectivity index (χ4v) is 8.50. The predicted octanol–water partition coefficient (Wildman–Crippen LogP) is 6.39. The fraction of sp³-hybridized carbons (Fsp3) is 0.259. The van der Waals surface area contributed by atoms with Gasteiger partial charge in [0.2, 0.25) is 0 Å². The van der Waals surface area contributed by atoms with Gasteiger partial charge in [-0.2, -0.15) is 0 Å². The molecule has 0 unspecified atom stereocenters. The zero-order chi connectivity index (χ0) is 20.4. The van der Waals surface area contributed by atoms with Crippen molar-refractivity contribution in [2.75, 3.05) is 6.16 Å². The molecule has 0 aliphatic rings. The van der Waals surface area contributed by atoms with Crippen molar-refractivity contribution in [3.63, 3.8) is 0 Å². The Kier molecular flexibility index (Phi) is 8.08. The standard InChI is InChI=1S/C27H31OP/c1-24(28)16-8-3-2-4-15-23-29(25-17-9-5-10-18-25,26-19-11-6-12-20-26)27-21-13-7-14-22-27/h5-7,9-14,17-22H,1-4,8,15-16,23H2/p+1. The maximum absolute atomic E-state index is 9.25. The lowest BCUT2D eigenvalue weighted by atomic mass is 10.1. The van der Waals surface area contributed by atoms with Crippen LogP contribution >= 0.6 is 7.26 Å². The van der Waals surface area contributed by atoms with Gasteiger partial charge in [0, 0.05) is 6.42 Å². The van der Waals surface area contributed by atoms with Crippen LogP contribution < -0.4 is 15.9 Å². The molecule has 1 N–H and O–H groups in total. The Morgan fingerprint density at radius 1 is 0.586 bits per heavy atom. The van der Waals surface area contributed by atoms with E-state index in [1.165, 1.54) is 41.3 Å². The Morgan fingerprint density at radius 2 is 0.966 bits per heavy atom. The van der Waals surface area contributed by atoms with Gasteiger partial charge in [0.05, 0.1) is 11.9 Å². The predicted molar refractivity (Wildman–Crippen MR) is 129 cm³/mol. The highest BCUT2D eigenvalue weighted by Gasteiger charge is 2.44. The van der Waals surface area contributed by atoms with Crippen LogP contribution in [-0.4, -0.2) is 11.3 Å². The zero-order valence-electron chi connectivity index (χ0n) is 17.2. The SMILES string of the molecule is C=C(O)CCCCCCC[P+](c1ccccc1)(c1ccccc1)c1ccccc1. The Bertz CT molecular complexity index is 762. The number of allylic oxidation sites excluding steroid dienone is 1. The van der Waals surface area contributed by atoms with E-state index >= 15 is 0 Å². The molecule has 3 aromatic carbocycles. The highest BCUT2D eigenvalue weighted by atomic mass is 31.2. The monoisotopic (exact) mass is 403 g/mol. The van der Waals surface area contributed by atoms with Crippen molar-refractivity contribution in [1.82, 2.24) is 0 Å². The van der Waals surface area contributed by atoms with Crippen LogP contribution in [0.25, 0.3) is 0 Å². The van der Waals surface area contributed by atoms with Gasteiger partial charge >= 0.3 is 0 Å². The summed E-state index contributed by atoms with van der Waals surface area (Å²) in [6.45, 7) is 3.58. The summed E-state index contributed by atoms with van der Waals surface area (Å²) >= 11 is 0. The van der Waals surface area contributed by atoms with E-state index in [9.17, 15) is 5.11 Å². The van der Waals surface area contributed by atoms with Crippen molar-refractivity contribution in [2.24, 2.45) is 0 Å². The van der Waals surface area contributed by atoms with Crippen molar-refractivity contribution in [3.8, 4) is 0 Å². The van der Waals surface area contributed by atoms with Crippen LogP contribution in [0.15, 0.2) is 103 Å². The summed E-state index contributed by atoms with van der Waals surface area (Å²) < 4.78 is 0. The molecule has 150 valence electrons. The second-order valence-electron chi connectivity index (χ2n) is 7.62. The Morgan fingerprint density at radius 3 is 1.38 bits per heavy atom.